The highest BCUT2D eigenvalue weighted by Crippen LogP contribution is 2.29. The normalized spacial score (nSPS) is 21.2. The Morgan fingerprint density at radius 3 is 2.59 bits per heavy atom. The number of piperidine rings is 1. The van der Waals surface area contributed by atoms with Crippen molar-refractivity contribution in [3.63, 3.8) is 0 Å². The van der Waals surface area contributed by atoms with Gasteiger partial charge in [-0.05, 0) is 38.3 Å². The lowest BCUT2D eigenvalue weighted by molar-refractivity contribution is -0.130. The molecule has 2 fully saturated rings. The second-order valence-corrected chi connectivity index (χ2v) is 8.62. The lowest BCUT2D eigenvalue weighted by Crippen LogP contribution is -2.55. The monoisotopic (exact) mass is 470 g/mol. The van der Waals surface area contributed by atoms with Gasteiger partial charge in [-0.2, -0.15) is 0 Å². The second kappa shape index (κ2) is 12.2. The number of carbonyl (C=O) groups is 2. The van der Waals surface area contributed by atoms with E-state index < -0.39 is 0 Å². The molecule has 5 N–H and O–H groups in total. The van der Waals surface area contributed by atoms with E-state index >= 15 is 0 Å². The SMILES string of the molecule is COc1cc(N)c(Cl)cc1C(=O)N[C@@H]1CCN(CCCC(=O)N2CCCC2)C[C@H]1OC.O. The minimum absolute atomic E-state index is 0. The van der Waals surface area contributed by atoms with Crippen molar-refractivity contribution in [3.05, 3.63) is 22.7 Å². The van der Waals surface area contributed by atoms with Crippen molar-refractivity contribution in [1.82, 2.24) is 15.1 Å². The number of ether oxygens (including phenoxy) is 2. The number of amides is 2. The van der Waals surface area contributed by atoms with Gasteiger partial charge in [0.25, 0.3) is 5.91 Å². The molecule has 0 aromatic heterocycles. The average Bonchev–Trinajstić information content (AvgIpc) is 3.31. The number of nitrogens with one attached hydrogen (secondary N) is 1. The van der Waals surface area contributed by atoms with Crippen molar-refractivity contribution >= 4 is 29.1 Å². The van der Waals surface area contributed by atoms with E-state index in [1.54, 1.807) is 13.2 Å². The van der Waals surface area contributed by atoms with E-state index in [9.17, 15) is 9.59 Å². The molecule has 2 heterocycles. The van der Waals surface area contributed by atoms with Crippen LogP contribution in [0.25, 0.3) is 0 Å². The predicted molar refractivity (Wildman–Crippen MR) is 124 cm³/mol. The van der Waals surface area contributed by atoms with Gasteiger partial charge in [0, 0.05) is 45.8 Å². The number of hydrogen-bond donors (Lipinski definition) is 2. The molecule has 0 saturated carbocycles. The maximum Gasteiger partial charge on any atom is 0.255 e. The molecule has 1 aromatic carbocycles. The molecule has 1 aromatic rings. The number of benzene rings is 1. The summed E-state index contributed by atoms with van der Waals surface area (Å²) < 4.78 is 11.0. The Hall–Kier alpha value is -2.07. The molecule has 32 heavy (non-hydrogen) atoms. The number of nitrogens with zero attached hydrogens (tertiary/aromatic N) is 2. The molecule has 0 unspecified atom stereocenters. The topological polar surface area (TPSA) is 129 Å². The van der Waals surface area contributed by atoms with Gasteiger partial charge in [0.05, 0.1) is 35.5 Å². The van der Waals surface area contributed by atoms with Gasteiger partial charge in [-0.25, -0.2) is 0 Å². The van der Waals surface area contributed by atoms with Gasteiger partial charge >= 0.3 is 0 Å². The first kappa shape index (κ1) is 26.2. The number of likely N-dealkylation sites (tertiary alicyclic amines) is 2. The minimum Gasteiger partial charge on any atom is -0.496 e. The fraction of sp³-hybridized carbons (Fsp3) is 0.636. The van der Waals surface area contributed by atoms with E-state index in [1.807, 2.05) is 4.90 Å². The third-order valence-electron chi connectivity index (χ3n) is 6.15. The quantitative estimate of drug-likeness (QED) is 0.551. The molecule has 3 rings (SSSR count). The van der Waals surface area contributed by atoms with Crippen LogP contribution in [0, 0.1) is 0 Å². The molecular weight excluding hydrogens is 436 g/mol. The van der Waals surface area contributed by atoms with Crippen LogP contribution < -0.4 is 15.8 Å². The largest absolute Gasteiger partial charge is 0.496 e. The van der Waals surface area contributed by atoms with E-state index in [0.29, 0.717) is 35.0 Å². The summed E-state index contributed by atoms with van der Waals surface area (Å²) in [6.45, 7) is 4.20. The summed E-state index contributed by atoms with van der Waals surface area (Å²) in [5.74, 6) is 0.378. The number of rotatable bonds is 8. The highest BCUT2D eigenvalue weighted by atomic mass is 35.5. The molecule has 2 atom stereocenters. The average molecular weight is 471 g/mol. The van der Waals surface area contributed by atoms with Crippen LogP contribution in [0.1, 0.15) is 42.5 Å². The van der Waals surface area contributed by atoms with Crippen LogP contribution in [-0.4, -0.2) is 86.2 Å². The third kappa shape index (κ3) is 6.48. The number of methoxy groups -OCH3 is 2. The van der Waals surface area contributed by atoms with E-state index in [1.165, 1.54) is 13.2 Å². The summed E-state index contributed by atoms with van der Waals surface area (Å²) in [5, 5.41) is 3.37. The van der Waals surface area contributed by atoms with Gasteiger partial charge in [-0.3, -0.25) is 9.59 Å². The van der Waals surface area contributed by atoms with Gasteiger partial charge in [0.2, 0.25) is 5.91 Å². The molecular formula is C22H35ClN4O5. The van der Waals surface area contributed by atoms with E-state index in [2.05, 4.69) is 10.2 Å². The Morgan fingerprint density at radius 1 is 1.22 bits per heavy atom. The number of halogens is 1. The Bertz CT molecular complexity index is 788. The molecule has 2 amide bonds. The van der Waals surface area contributed by atoms with Gasteiger partial charge in [0.1, 0.15) is 5.75 Å². The van der Waals surface area contributed by atoms with Crippen LogP contribution in [-0.2, 0) is 9.53 Å². The Morgan fingerprint density at radius 2 is 1.94 bits per heavy atom. The Balaban J connectivity index is 0.00000363. The highest BCUT2D eigenvalue weighted by Gasteiger charge is 2.31. The highest BCUT2D eigenvalue weighted by molar-refractivity contribution is 6.33. The maximum absolute atomic E-state index is 12.9. The summed E-state index contributed by atoms with van der Waals surface area (Å²) in [5.41, 5.74) is 6.52. The van der Waals surface area contributed by atoms with Gasteiger partial charge in [0.15, 0.2) is 0 Å². The van der Waals surface area contributed by atoms with Crippen molar-refractivity contribution in [2.45, 2.75) is 44.2 Å². The standard InChI is InChI=1S/C22H33ClN4O4.H2O/c1-30-19-13-17(24)16(23)12-15(19)22(29)25-18-7-11-26(14-20(18)31-2)8-5-6-21(28)27-9-3-4-10-27;/h12-13,18,20H,3-11,14,24H2,1-2H3,(H,25,29);1H2/t18-,20-;/m1./s1. The molecule has 2 saturated heterocycles. The van der Waals surface area contributed by atoms with Gasteiger partial charge < -0.3 is 35.8 Å². The van der Waals surface area contributed by atoms with Crippen molar-refractivity contribution in [2.75, 3.05) is 52.7 Å². The molecule has 0 bridgehead atoms. The van der Waals surface area contributed by atoms with Gasteiger partial charge in [-0.1, -0.05) is 11.6 Å². The lowest BCUT2D eigenvalue weighted by atomic mass is 10.0. The zero-order valence-corrected chi connectivity index (χ0v) is 19.6. The van der Waals surface area contributed by atoms with Gasteiger partial charge in [-0.15, -0.1) is 0 Å². The van der Waals surface area contributed by atoms with Crippen LogP contribution >= 0.6 is 11.6 Å². The predicted octanol–water partition coefficient (Wildman–Crippen LogP) is 1.33. The third-order valence-corrected chi connectivity index (χ3v) is 6.48. The smallest absolute Gasteiger partial charge is 0.255 e. The van der Waals surface area contributed by atoms with Crippen molar-refractivity contribution in [1.29, 1.82) is 0 Å². The second-order valence-electron chi connectivity index (χ2n) is 8.21. The van der Waals surface area contributed by atoms with E-state index in [0.717, 1.165) is 51.9 Å². The summed E-state index contributed by atoms with van der Waals surface area (Å²) in [6.07, 6.45) is 4.29. The molecule has 9 nitrogen and oxygen atoms in total. The number of carbonyl (C=O) groups excluding carboxylic acids is 2. The number of nitrogens with two attached hydrogens (primary N) is 1. The molecule has 0 radical (unpaired) electrons. The number of anilines is 1. The molecule has 2 aliphatic heterocycles. The summed E-state index contributed by atoms with van der Waals surface area (Å²) in [6, 6.07) is 2.96. The van der Waals surface area contributed by atoms with E-state index in [4.69, 9.17) is 26.8 Å². The van der Waals surface area contributed by atoms with Crippen LogP contribution in [0.4, 0.5) is 5.69 Å². The summed E-state index contributed by atoms with van der Waals surface area (Å²) >= 11 is 6.10. The Labute approximate surface area is 194 Å². The van der Waals surface area contributed by atoms with Crippen LogP contribution in [0.15, 0.2) is 12.1 Å². The number of nitrogen functional groups attached to an aromatic ring is 1. The fourth-order valence-electron chi connectivity index (χ4n) is 4.33. The lowest BCUT2D eigenvalue weighted by Gasteiger charge is -2.38. The first-order valence-corrected chi connectivity index (χ1v) is 11.3. The first-order valence-electron chi connectivity index (χ1n) is 10.9. The summed E-state index contributed by atoms with van der Waals surface area (Å²) in [4.78, 5) is 29.4. The van der Waals surface area contributed by atoms with Crippen molar-refractivity contribution in [2.24, 2.45) is 0 Å². The Kier molecular flexibility index (Phi) is 10.0. The molecule has 2 aliphatic rings. The molecule has 10 heteroatoms. The van der Waals surface area contributed by atoms with Crippen LogP contribution in [0.5, 0.6) is 5.75 Å². The van der Waals surface area contributed by atoms with Crippen LogP contribution in [0.3, 0.4) is 0 Å². The van der Waals surface area contributed by atoms with E-state index in [-0.39, 0.29) is 29.4 Å². The zero-order chi connectivity index (χ0) is 22.4. The maximum atomic E-state index is 12.9. The minimum atomic E-state index is -0.268. The first-order chi connectivity index (χ1) is 14.9. The molecule has 0 aliphatic carbocycles. The summed E-state index contributed by atoms with van der Waals surface area (Å²) in [7, 11) is 3.15. The van der Waals surface area contributed by atoms with Crippen molar-refractivity contribution in [3.8, 4) is 5.75 Å². The molecule has 180 valence electrons. The zero-order valence-electron chi connectivity index (χ0n) is 18.9. The van der Waals surface area contributed by atoms with Crippen LogP contribution in [0.2, 0.25) is 5.02 Å². The fourth-order valence-corrected chi connectivity index (χ4v) is 4.49. The van der Waals surface area contributed by atoms with Crippen molar-refractivity contribution < 1.29 is 24.5 Å². The number of hydrogen-bond acceptors (Lipinski definition) is 6. The molecule has 0 spiro atoms.